The topological polar surface area (TPSA) is 35.5 Å². The minimum Gasteiger partial charge on any atom is -0.490 e. The van der Waals surface area contributed by atoms with E-state index in [9.17, 15) is 4.79 Å². The molecule has 0 saturated carbocycles. The number of aldehydes is 1. The summed E-state index contributed by atoms with van der Waals surface area (Å²) in [6.45, 7) is 2.73. The maximum Gasteiger partial charge on any atom is 0.175 e. The molecule has 2 rings (SSSR count). The van der Waals surface area contributed by atoms with Crippen molar-refractivity contribution >= 4 is 33.8 Å². The van der Waals surface area contributed by atoms with Crippen LogP contribution in [-0.2, 0) is 6.61 Å². The van der Waals surface area contributed by atoms with Gasteiger partial charge in [0.1, 0.15) is 12.9 Å². The molecule has 0 aliphatic rings. The van der Waals surface area contributed by atoms with Gasteiger partial charge in [0.25, 0.3) is 0 Å². The van der Waals surface area contributed by atoms with E-state index < -0.39 is 0 Å². The van der Waals surface area contributed by atoms with Crippen LogP contribution < -0.4 is 9.47 Å². The van der Waals surface area contributed by atoms with Crippen LogP contribution in [0.25, 0.3) is 0 Å². The van der Waals surface area contributed by atoms with Gasteiger partial charge in [0.15, 0.2) is 11.5 Å². The lowest BCUT2D eigenvalue weighted by Gasteiger charge is -2.14. The van der Waals surface area contributed by atoms with Crippen molar-refractivity contribution in [2.75, 3.05) is 6.61 Å². The molecule has 0 aromatic heterocycles. The van der Waals surface area contributed by atoms with Gasteiger partial charge in [-0.1, -0.05) is 23.7 Å². The molecule has 21 heavy (non-hydrogen) atoms. The fourth-order valence-electron chi connectivity index (χ4n) is 1.84. The molecule has 110 valence electrons. The predicted octanol–water partition coefficient (Wildman–Crippen LogP) is 4.89. The molecule has 2 aromatic rings. The summed E-state index contributed by atoms with van der Waals surface area (Å²) in [5, 5.41) is 0.663. The number of halogens is 2. The summed E-state index contributed by atoms with van der Waals surface area (Å²) < 4.78 is 12.0. The Morgan fingerprint density at radius 3 is 2.71 bits per heavy atom. The molecular weight excluding hydrogens is 356 g/mol. The highest BCUT2D eigenvalue weighted by molar-refractivity contribution is 9.10. The van der Waals surface area contributed by atoms with Crippen LogP contribution in [0.2, 0.25) is 5.02 Å². The van der Waals surface area contributed by atoms with E-state index in [1.54, 1.807) is 12.1 Å². The minimum atomic E-state index is 0.361. The number of benzene rings is 2. The molecule has 3 nitrogen and oxygen atoms in total. The van der Waals surface area contributed by atoms with Gasteiger partial charge in [-0.3, -0.25) is 4.79 Å². The van der Waals surface area contributed by atoms with Crippen LogP contribution in [0.3, 0.4) is 0 Å². The van der Waals surface area contributed by atoms with Crippen molar-refractivity contribution in [1.82, 2.24) is 0 Å². The van der Waals surface area contributed by atoms with Crippen LogP contribution in [0.15, 0.2) is 40.9 Å². The van der Waals surface area contributed by atoms with Crippen LogP contribution in [0.4, 0.5) is 0 Å². The number of hydrogen-bond donors (Lipinski definition) is 0. The molecule has 0 radical (unpaired) electrons. The smallest absolute Gasteiger partial charge is 0.175 e. The molecule has 2 aromatic carbocycles. The molecular formula is C16H14BrClO3. The first-order chi connectivity index (χ1) is 10.1. The second-order valence-corrected chi connectivity index (χ2v) is 5.59. The fraction of sp³-hybridized carbons (Fsp3) is 0.188. The van der Waals surface area contributed by atoms with Crippen LogP contribution in [0, 0.1) is 0 Å². The van der Waals surface area contributed by atoms with Crippen LogP contribution in [0.5, 0.6) is 11.5 Å². The number of carbonyl (C=O) groups excluding carboxylic acids is 1. The standard InChI is InChI=1S/C16H14BrClO3/c1-2-20-15-8-12(9-19)7-14(17)16(15)21-10-11-4-3-5-13(18)6-11/h3-9H,2,10H2,1H3. The third-order valence-electron chi connectivity index (χ3n) is 2.74. The summed E-state index contributed by atoms with van der Waals surface area (Å²) in [6, 6.07) is 10.8. The lowest BCUT2D eigenvalue weighted by atomic mass is 10.2. The first-order valence-electron chi connectivity index (χ1n) is 6.42. The van der Waals surface area contributed by atoms with Crippen molar-refractivity contribution in [3.63, 3.8) is 0 Å². The molecule has 5 heteroatoms. The van der Waals surface area contributed by atoms with Gasteiger partial charge in [0.2, 0.25) is 0 Å². The lowest BCUT2D eigenvalue weighted by Crippen LogP contribution is -2.01. The largest absolute Gasteiger partial charge is 0.490 e. The molecule has 0 spiro atoms. The van der Waals surface area contributed by atoms with Gasteiger partial charge in [-0.05, 0) is 52.7 Å². The van der Waals surface area contributed by atoms with Gasteiger partial charge in [-0.2, -0.15) is 0 Å². The summed E-state index contributed by atoms with van der Waals surface area (Å²) in [5.74, 6) is 1.11. The van der Waals surface area contributed by atoms with Crippen LogP contribution >= 0.6 is 27.5 Å². The second kappa shape index (κ2) is 7.48. The van der Waals surface area contributed by atoms with Crippen LogP contribution in [0.1, 0.15) is 22.8 Å². The van der Waals surface area contributed by atoms with E-state index in [1.807, 2.05) is 31.2 Å². The lowest BCUT2D eigenvalue weighted by molar-refractivity contribution is 0.112. The quantitative estimate of drug-likeness (QED) is 0.680. The molecule has 0 heterocycles. The number of ether oxygens (including phenoxy) is 2. The molecule has 0 atom stereocenters. The number of carbonyl (C=O) groups is 1. The maximum atomic E-state index is 10.9. The molecule has 0 N–H and O–H groups in total. The van der Waals surface area contributed by atoms with Crippen molar-refractivity contribution in [3.8, 4) is 11.5 Å². The highest BCUT2D eigenvalue weighted by Gasteiger charge is 2.12. The first-order valence-corrected chi connectivity index (χ1v) is 7.60. The van der Waals surface area contributed by atoms with Gasteiger partial charge >= 0.3 is 0 Å². The van der Waals surface area contributed by atoms with E-state index in [4.69, 9.17) is 21.1 Å². The third-order valence-corrected chi connectivity index (χ3v) is 3.56. The maximum absolute atomic E-state index is 10.9. The second-order valence-electron chi connectivity index (χ2n) is 4.30. The molecule has 0 aliphatic carbocycles. The first kappa shape index (κ1) is 15.9. The molecule has 0 fully saturated rings. The Balaban J connectivity index is 2.24. The number of rotatable bonds is 6. The fourth-order valence-corrected chi connectivity index (χ4v) is 2.63. The zero-order chi connectivity index (χ0) is 15.2. The van der Waals surface area contributed by atoms with Gasteiger partial charge in [0, 0.05) is 10.6 Å². The summed E-state index contributed by atoms with van der Waals surface area (Å²) in [7, 11) is 0. The molecule has 0 unspecified atom stereocenters. The Kier molecular flexibility index (Phi) is 5.65. The van der Waals surface area contributed by atoms with E-state index in [0.29, 0.717) is 39.8 Å². The molecule has 0 amide bonds. The van der Waals surface area contributed by atoms with E-state index >= 15 is 0 Å². The minimum absolute atomic E-state index is 0.361. The van der Waals surface area contributed by atoms with E-state index in [-0.39, 0.29) is 0 Å². The third kappa shape index (κ3) is 4.22. The van der Waals surface area contributed by atoms with Crippen molar-refractivity contribution in [1.29, 1.82) is 0 Å². The zero-order valence-electron chi connectivity index (χ0n) is 11.4. The summed E-state index contributed by atoms with van der Waals surface area (Å²) in [5.41, 5.74) is 1.48. The summed E-state index contributed by atoms with van der Waals surface area (Å²) >= 11 is 9.36. The Bertz CT molecular complexity index is 643. The average Bonchev–Trinajstić information content (AvgIpc) is 2.46. The highest BCUT2D eigenvalue weighted by atomic mass is 79.9. The highest BCUT2D eigenvalue weighted by Crippen LogP contribution is 2.37. The monoisotopic (exact) mass is 368 g/mol. The molecule has 0 bridgehead atoms. The van der Waals surface area contributed by atoms with E-state index in [2.05, 4.69) is 15.9 Å². The van der Waals surface area contributed by atoms with Crippen molar-refractivity contribution < 1.29 is 14.3 Å². The Hall–Kier alpha value is -1.52. The Morgan fingerprint density at radius 2 is 2.05 bits per heavy atom. The Labute approximate surface area is 137 Å². The number of hydrogen-bond acceptors (Lipinski definition) is 3. The van der Waals surface area contributed by atoms with Gasteiger partial charge in [-0.25, -0.2) is 0 Å². The van der Waals surface area contributed by atoms with Crippen molar-refractivity contribution in [3.05, 3.63) is 57.0 Å². The van der Waals surface area contributed by atoms with Gasteiger partial charge < -0.3 is 9.47 Å². The average molecular weight is 370 g/mol. The van der Waals surface area contributed by atoms with Crippen LogP contribution in [-0.4, -0.2) is 12.9 Å². The van der Waals surface area contributed by atoms with Crippen molar-refractivity contribution in [2.24, 2.45) is 0 Å². The molecule has 0 saturated heterocycles. The SMILES string of the molecule is CCOc1cc(C=O)cc(Br)c1OCc1cccc(Cl)c1. The van der Waals surface area contributed by atoms with Gasteiger partial charge in [0.05, 0.1) is 11.1 Å². The Morgan fingerprint density at radius 1 is 1.24 bits per heavy atom. The normalized spacial score (nSPS) is 10.2. The predicted molar refractivity (Wildman–Crippen MR) is 86.5 cm³/mol. The summed E-state index contributed by atoms with van der Waals surface area (Å²) in [4.78, 5) is 10.9. The van der Waals surface area contributed by atoms with Gasteiger partial charge in [-0.15, -0.1) is 0 Å². The van der Waals surface area contributed by atoms with E-state index in [1.165, 1.54) is 0 Å². The van der Waals surface area contributed by atoms with Crippen molar-refractivity contribution in [2.45, 2.75) is 13.5 Å². The zero-order valence-corrected chi connectivity index (χ0v) is 13.8. The van der Waals surface area contributed by atoms with E-state index in [0.717, 1.165) is 11.8 Å². The summed E-state index contributed by atoms with van der Waals surface area (Å²) in [6.07, 6.45) is 0.772. The molecule has 0 aliphatic heterocycles.